The van der Waals surface area contributed by atoms with Crippen LogP contribution < -0.4 is 4.90 Å². The summed E-state index contributed by atoms with van der Waals surface area (Å²) in [6, 6.07) is 15.9. The molecule has 0 atom stereocenters. The maximum atomic E-state index is 11.7. The van der Waals surface area contributed by atoms with Crippen molar-refractivity contribution in [2.75, 3.05) is 18.0 Å². The van der Waals surface area contributed by atoms with Gasteiger partial charge in [-0.3, -0.25) is 0 Å². The Kier molecular flexibility index (Phi) is 7.28. The summed E-state index contributed by atoms with van der Waals surface area (Å²) in [6.45, 7) is 1.74. The number of anilines is 1. The molecule has 0 bridgehead atoms. The number of halogens is 2. The van der Waals surface area contributed by atoms with Crippen LogP contribution in [-0.4, -0.2) is 34.1 Å². The minimum absolute atomic E-state index is 0.140. The van der Waals surface area contributed by atoms with Crippen molar-refractivity contribution in [3.63, 3.8) is 0 Å². The van der Waals surface area contributed by atoms with Gasteiger partial charge in [0.1, 0.15) is 0 Å². The molecular weight excluding hydrogens is 445 g/mol. The topological polar surface area (TPSA) is 66.3 Å². The lowest BCUT2D eigenvalue weighted by atomic mass is 9.90. The molecule has 0 spiro atoms. The fourth-order valence-electron chi connectivity index (χ4n) is 4.23. The highest BCUT2D eigenvalue weighted by Crippen LogP contribution is 2.25. The second-order valence-corrected chi connectivity index (χ2v) is 9.11. The third-order valence-electron chi connectivity index (χ3n) is 5.92. The van der Waals surface area contributed by atoms with Gasteiger partial charge in [0.05, 0.1) is 11.3 Å². The van der Waals surface area contributed by atoms with E-state index in [1.165, 1.54) is 11.8 Å². The highest BCUT2D eigenvalue weighted by molar-refractivity contribution is 6.34. The SMILES string of the molecule is O=C(O)c1cnc(N2CCC(Cc3ccccc3)CC2)nc1CCc1cc(Cl)cc(Cl)c1. The Morgan fingerprint density at radius 3 is 2.34 bits per heavy atom. The van der Waals surface area contributed by atoms with E-state index in [-0.39, 0.29) is 5.56 Å². The van der Waals surface area contributed by atoms with Crippen LogP contribution in [0.5, 0.6) is 0 Å². The molecule has 5 nitrogen and oxygen atoms in total. The molecule has 3 aromatic rings. The molecule has 7 heteroatoms. The predicted octanol–water partition coefficient (Wildman–Crippen LogP) is 5.73. The van der Waals surface area contributed by atoms with E-state index >= 15 is 0 Å². The molecule has 1 aliphatic rings. The highest BCUT2D eigenvalue weighted by Gasteiger charge is 2.23. The number of benzene rings is 2. The lowest BCUT2D eigenvalue weighted by Gasteiger charge is -2.32. The summed E-state index contributed by atoms with van der Waals surface area (Å²) in [5.41, 5.74) is 2.99. The lowest BCUT2D eigenvalue weighted by Crippen LogP contribution is -2.35. The second kappa shape index (κ2) is 10.3. The molecule has 1 aromatic heterocycles. The molecule has 166 valence electrons. The van der Waals surface area contributed by atoms with Crippen LogP contribution >= 0.6 is 23.2 Å². The van der Waals surface area contributed by atoms with Crippen molar-refractivity contribution in [1.82, 2.24) is 9.97 Å². The fourth-order valence-corrected chi connectivity index (χ4v) is 4.80. The van der Waals surface area contributed by atoms with Gasteiger partial charge >= 0.3 is 5.97 Å². The van der Waals surface area contributed by atoms with Crippen molar-refractivity contribution < 1.29 is 9.90 Å². The molecule has 0 aliphatic carbocycles. The van der Waals surface area contributed by atoms with Gasteiger partial charge in [0, 0.05) is 29.3 Å². The van der Waals surface area contributed by atoms with E-state index < -0.39 is 5.97 Å². The molecule has 0 unspecified atom stereocenters. The van der Waals surface area contributed by atoms with Crippen LogP contribution in [-0.2, 0) is 19.3 Å². The quantitative estimate of drug-likeness (QED) is 0.478. The molecule has 4 rings (SSSR count). The fraction of sp³-hybridized carbons (Fsp3) is 0.320. The zero-order valence-electron chi connectivity index (χ0n) is 17.7. The Morgan fingerprint density at radius 2 is 1.69 bits per heavy atom. The zero-order chi connectivity index (χ0) is 22.5. The van der Waals surface area contributed by atoms with Crippen molar-refractivity contribution in [2.45, 2.75) is 32.1 Å². The number of carboxylic acids is 1. The molecule has 2 heterocycles. The lowest BCUT2D eigenvalue weighted by molar-refractivity contribution is 0.0694. The van der Waals surface area contributed by atoms with E-state index in [0.29, 0.717) is 40.4 Å². The molecule has 0 saturated carbocycles. The number of nitrogens with zero attached hydrogens (tertiary/aromatic N) is 3. The van der Waals surface area contributed by atoms with Crippen LogP contribution in [0.4, 0.5) is 5.95 Å². The number of aromatic carboxylic acids is 1. The average molecular weight is 470 g/mol. The van der Waals surface area contributed by atoms with E-state index in [9.17, 15) is 9.90 Å². The molecule has 0 radical (unpaired) electrons. The van der Waals surface area contributed by atoms with Crippen LogP contribution in [0.25, 0.3) is 0 Å². The third kappa shape index (κ3) is 5.78. The largest absolute Gasteiger partial charge is 0.478 e. The van der Waals surface area contributed by atoms with Gasteiger partial charge in [-0.15, -0.1) is 0 Å². The first-order chi connectivity index (χ1) is 15.5. The molecule has 1 N–H and O–H groups in total. The standard InChI is InChI=1S/C25H25Cl2N3O2/c26-20-13-19(14-21(27)15-20)6-7-23-22(24(31)32)16-28-25(29-23)30-10-8-18(9-11-30)12-17-4-2-1-3-5-17/h1-5,13-16,18H,6-12H2,(H,31,32). The Hall–Kier alpha value is -2.63. The monoisotopic (exact) mass is 469 g/mol. The minimum atomic E-state index is -1.02. The normalized spacial score (nSPS) is 14.5. The summed E-state index contributed by atoms with van der Waals surface area (Å²) < 4.78 is 0. The average Bonchev–Trinajstić information content (AvgIpc) is 2.78. The first-order valence-electron chi connectivity index (χ1n) is 10.8. The Balaban J connectivity index is 1.44. The van der Waals surface area contributed by atoms with E-state index in [1.807, 2.05) is 18.2 Å². The highest BCUT2D eigenvalue weighted by atomic mass is 35.5. The van der Waals surface area contributed by atoms with Crippen molar-refractivity contribution in [2.24, 2.45) is 5.92 Å². The van der Waals surface area contributed by atoms with Crippen LogP contribution in [0, 0.1) is 5.92 Å². The van der Waals surface area contributed by atoms with Crippen molar-refractivity contribution in [1.29, 1.82) is 0 Å². The van der Waals surface area contributed by atoms with Gasteiger partial charge in [-0.2, -0.15) is 0 Å². The van der Waals surface area contributed by atoms with Crippen molar-refractivity contribution >= 4 is 35.1 Å². The van der Waals surface area contributed by atoms with Gasteiger partial charge in [-0.05, 0) is 67.3 Å². The molecule has 1 fully saturated rings. The van der Waals surface area contributed by atoms with E-state index in [0.717, 1.165) is 37.9 Å². The predicted molar refractivity (Wildman–Crippen MR) is 128 cm³/mol. The molecule has 1 saturated heterocycles. The minimum Gasteiger partial charge on any atom is -0.478 e. The van der Waals surface area contributed by atoms with Crippen molar-refractivity contribution in [3.8, 4) is 0 Å². The molecular formula is C25H25Cl2N3O2. The van der Waals surface area contributed by atoms with Gasteiger partial charge in [0.25, 0.3) is 0 Å². The molecule has 32 heavy (non-hydrogen) atoms. The summed E-state index contributed by atoms with van der Waals surface area (Å²) >= 11 is 12.2. The number of aromatic nitrogens is 2. The maximum Gasteiger partial charge on any atom is 0.339 e. The van der Waals surface area contributed by atoms with Crippen LogP contribution in [0.15, 0.2) is 54.7 Å². The smallest absolute Gasteiger partial charge is 0.339 e. The van der Waals surface area contributed by atoms with Crippen molar-refractivity contribution in [3.05, 3.63) is 87.2 Å². The summed E-state index contributed by atoms with van der Waals surface area (Å²) in [6.07, 6.45) is 5.71. The Labute approximate surface area is 198 Å². The van der Waals surface area contributed by atoms with Gasteiger partial charge in [0.2, 0.25) is 5.95 Å². The summed E-state index contributed by atoms with van der Waals surface area (Å²) in [5, 5.41) is 10.7. The third-order valence-corrected chi connectivity index (χ3v) is 6.36. The summed E-state index contributed by atoms with van der Waals surface area (Å²) in [4.78, 5) is 22.9. The van der Waals surface area contributed by atoms with Crippen LogP contribution in [0.2, 0.25) is 10.0 Å². The number of rotatable bonds is 7. The number of aryl methyl sites for hydroxylation is 2. The zero-order valence-corrected chi connectivity index (χ0v) is 19.2. The molecule has 2 aromatic carbocycles. The summed E-state index contributed by atoms with van der Waals surface area (Å²) in [5.74, 6) is 0.225. The first-order valence-corrected chi connectivity index (χ1v) is 11.6. The van der Waals surface area contributed by atoms with Crippen LogP contribution in [0.3, 0.4) is 0 Å². The van der Waals surface area contributed by atoms with Gasteiger partial charge in [-0.25, -0.2) is 14.8 Å². The maximum absolute atomic E-state index is 11.7. The number of carboxylic acid groups (broad SMARTS) is 1. The Morgan fingerprint density at radius 1 is 1.00 bits per heavy atom. The first kappa shape index (κ1) is 22.6. The molecule has 1 aliphatic heterocycles. The van der Waals surface area contributed by atoms with E-state index in [4.69, 9.17) is 23.2 Å². The number of hydrogen-bond acceptors (Lipinski definition) is 4. The van der Waals surface area contributed by atoms with Gasteiger partial charge < -0.3 is 10.0 Å². The van der Waals surface area contributed by atoms with Crippen LogP contribution in [0.1, 0.15) is 40.0 Å². The summed E-state index contributed by atoms with van der Waals surface area (Å²) in [7, 11) is 0. The second-order valence-electron chi connectivity index (χ2n) is 8.23. The van der Waals surface area contributed by atoms with E-state index in [2.05, 4.69) is 39.1 Å². The number of hydrogen-bond donors (Lipinski definition) is 1. The molecule has 0 amide bonds. The van der Waals surface area contributed by atoms with Gasteiger partial charge in [0.15, 0.2) is 0 Å². The number of carbonyl (C=O) groups is 1. The Bertz CT molecular complexity index is 1060. The van der Waals surface area contributed by atoms with E-state index in [1.54, 1.807) is 6.07 Å². The number of piperidine rings is 1. The van der Waals surface area contributed by atoms with Gasteiger partial charge in [-0.1, -0.05) is 53.5 Å².